The normalized spacial score (nSPS) is 22.6. The zero-order chi connectivity index (χ0) is 17.4. The first-order valence-electron chi connectivity index (χ1n) is 9.26. The van der Waals surface area contributed by atoms with Gasteiger partial charge in [-0.15, -0.1) is 0 Å². The van der Waals surface area contributed by atoms with Crippen LogP contribution < -0.4 is 5.32 Å². The first kappa shape index (κ1) is 16.3. The van der Waals surface area contributed by atoms with Crippen molar-refractivity contribution in [2.24, 2.45) is 0 Å². The van der Waals surface area contributed by atoms with Gasteiger partial charge in [0.1, 0.15) is 11.5 Å². The van der Waals surface area contributed by atoms with Crippen LogP contribution in [0.4, 0.5) is 4.39 Å². The lowest BCUT2D eigenvalue weighted by atomic mass is 9.81. The van der Waals surface area contributed by atoms with Gasteiger partial charge in [0.2, 0.25) is 0 Å². The number of benzene rings is 1. The molecule has 1 saturated carbocycles. The number of halogens is 1. The standard InChI is InChI=1S/C20H23FN2O2/c21-16-10-4-2-8-14(16)19(25)23-17-11-5-3-9-15(17)18(24)22-20(23)12-6-1-7-13-20/h2,4,8,10H,1,3,5-7,9,11-13H2,(H,22,24). The molecule has 0 radical (unpaired) electrons. The quantitative estimate of drug-likeness (QED) is 0.842. The Kier molecular flexibility index (Phi) is 4.10. The molecule has 1 aliphatic heterocycles. The molecule has 3 aliphatic rings. The van der Waals surface area contributed by atoms with Crippen LogP contribution in [0.25, 0.3) is 0 Å². The van der Waals surface area contributed by atoms with Gasteiger partial charge in [-0.3, -0.25) is 14.5 Å². The van der Waals surface area contributed by atoms with Crippen molar-refractivity contribution in [3.8, 4) is 0 Å². The number of nitrogens with zero attached hydrogens (tertiary/aromatic N) is 1. The number of allylic oxidation sites excluding steroid dienone is 1. The van der Waals surface area contributed by atoms with Crippen LogP contribution in [-0.2, 0) is 4.79 Å². The highest BCUT2D eigenvalue weighted by atomic mass is 19.1. The van der Waals surface area contributed by atoms with Gasteiger partial charge in [-0.05, 0) is 63.5 Å². The van der Waals surface area contributed by atoms with Gasteiger partial charge >= 0.3 is 0 Å². The molecule has 2 amide bonds. The van der Waals surface area contributed by atoms with Crippen LogP contribution in [0.5, 0.6) is 0 Å². The third-order valence-electron chi connectivity index (χ3n) is 5.75. The van der Waals surface area contributed by atoms with Crippen molar-refractivity contribution in [3.05, 3.63) is 46.9 Å². The maximum atomic E-state index is 14.3. The summed E-state index contributed by atoms with van der Waals surface area (Å²) < 4.78 is 14.3. The van der Waals surface area contributed by atoms with E-state index in [1.54, 1.807) is 17.0 Å². The summed E-state index contributed by atoms with van der Waals surface area (Å²) >= 11 is 0. The molecule has 0 atom stereocenters. The second-order valence-corrected chi connectivity index (χ2v) is 7.30. The van der Waals surface area contributed by atoms with E-state index in [1.165, 1.54) is 12.1 Å². The fraction of sp³-hybridized carbons (Fsp3) is 0.500. The van der Waals surface area contributed by atoms with Crippen LogP contribution in [0.15, 0.2) is 35.5 Å². The van der Waals surface area contributed by atoms with Gasteiger partial charge in [0.25, 0.3) is 11.8 Å². The Bertz CT molecular complexity index is 750. The molecule has 0 aromatic heterocycles. The first-order valence-corrected chi connectivity index (χ1v) is 9.26. The number of carbonyl (C=O) groups is 2. The molecule has 0 bridgehead atoms. The second-order valence-electron chi connectivity index (χ2n) is 7.30. The molecule has 1 spiro atoms. The van der Waals surface area contributed by atoms with Gasteiger partial charge in [0, 0.05) is 11.3 Å². The first-order chi connectivity index (χ1) is 12.1. The lowest BCUT2D eigenvalue weighted by molar-refractivity contribution is -0.124. The average Bonchev–Trinajstić information content (AvgIpc) is 2.63. The minimum Gasteiger partial charge on any atom is -0.329 e. The molecule has 1 fully saturated rings. The molecular formula is C20H23FN2O2. The van der Waals surface area contributed by atoms with Crippen LogP contribution in [0.2, 0.25) is 0 Å². The van der Waals surface area contributed by atoms with E-state index in [1.807, 2.05) is 0 Å². The summed E-state index contributed by atoms with van der Waals surface area (Å²) in [5.74, 6) is -0.864. The Balaban J connectivity index is 1.84. The third kappa shape index (κ3) is 2.66. The van der Waals surface area contributed by atoms with Crippen molar-refractivity contribution in [2.75, 3.05) is 0 Å². The smallest absolute Gasteiger partial charge is 0.262 e. The molecule has 4 rings (SSSR count). The monoisotopic (exact) mass is 342 g/mol. The molecular weight excluding hydrogens is 319 g/mol. The lowest BCUT2D eigenvalue weighted by Crippen LogP contribution is -2.66. The van der Waals surface area contributed by atoms with Crippen LogP contribution in [-0.4, -0.2) is 22.4 Å². The molecule has 2 aliphatic carbocycles. The predicted octanol–water partition coefficient (Wildman–Crippen LogP) is 3.89. The number of hydrogen-bond donors (Lipinski definition) is 1. The van der Waals surface area contributed by atoms with E-state index in [0.717, 1.165) is 50.6 Å². The zero-order valence-electron chi connectivity index (χ0n) is 14.3. The molecule has 25 heavy (non-hydrogen) atoms. The van der Waals surface area contributed by atoms with Crippen LogP contribution >= 0.6 is 0 Å². The van der Waals surface area contributed by atoms with Crippen molar-refractivity contribution in [2.45, 2.75) is 63.5 Å². The summed E-state index contributed by atoms with van der Waals surface area (Å²) in [6.45, 7) is 0. The molecule has 1 N–H and O–H groups in total. The summed E-state index contributed by atoms with van der Waals surface area (Å²) in [6.07, 6.45) is 7.82. The Labute approximate surface area is 147 Å². The third-order valence-corrected chi connectivity index (χ3v) is 5.75. The van der Waals surface area contributed by atoms with E-state index in [4.69, 9.17) is 0 Å². The minimum atomic E-state index is -0.690. The van der Waals surface area contributed by atoms with E-state index in [-0.39, 0.29) is 17.4 Å². The topological polar surface area (TPSA) is 49.4 Å². The van der Waals surface area contributed by atoms with E-state index in [0.29, 0.717) is 18.4 Å². The van der Waals surface area contributed by atoms with Crippen LogP contribution in [0, 0.1) is 5.82 Å². The Morgan fingerprint density at radius 2 is 1.76 bits per heavy atom. The van der Waals surface area contributed by atoms with E-state index in [9.17, 15) is 14.0 Å². The summed E-state index contributed by atoms with van der Waals surface area (Å²) in [6, 6.07) is 6.13. The minimum absolute atomic E-state index is 0.0332. The number of nitrogens with one attached hydrogen (secondary N) is 1. The van der Waals surface area contributed by atoms with Crippen LogP contribution in [0.1, 0.15) is 68.1 Å². The average molecular weight is 342 g/mol. The summed E-state index contributed by atoms with van der Waals surface area (Å²) in [7, 11) is 0. The van der Waals surface area contributed by atoms with E-state index < -0.39 is 11.5 Å². The van der Waals surface area contributed by atoms with Crippen molar-refractivity contribution < 1.29 is 14.0 Å². The van der Waals surface area contributed by atoms with Crippen LogP contribution in [0.3, 0.4) is 0 Å². The van der Waals surface area contributed by atoms with Gasteiger partial charge < -0.3 is 5.32 Å². The molecule has 5 heteroatoms. The molecule has 1 heterocycles. The highest BCUT2D eigenvalue weighted by molar-refractivity contribution is 6.02. The van der Waals surface area contributed by atoms with Gasteiger partial charge in [-0.1, -0.05) is 18.6 Å². The van der Waals surface area contributed by atoms with Gasteiger partial charge in [-0.25, -0.2) is 4.39 Å². The fourth-order valence-corrected chi connectivity index (χ4v) is 4.54. The molecule has 0 unspecified atom stereocenters. The zero-order valence-corrected chi connectivity index (χ0v) is 14.3. The maximum Gasteiger partial charge on any atom is 0.262 e. The Hall–Kier alpha value is -2.17. The Morgan fingerprint density at radius 3 is 2.52 bits per heavy atom. The number of hydrogen-bond acceptors (Lipinski definition) is 2. The highest BCUT2D eigenvalue weighted by Crippen LogP contribution is 2.42. The van der Waals surface area contributed by atoms with E-state index in [2.05, 4.69) is 5.32 Å². The Morgan fingerprint density at radius 1 is 1.04 bits per heavy atom. The molecule has 4 nitrogen and oxygen atoms in total. The van der Waals surface area contributed by atoms with Crippen molar-refractivity contribution >= 4 is 11.8 Å². The largest absolute Gasteiger partial charge is 0.329 e. The summed E-state index contributed by atoms with van der Waals surface area (Å²) in [5.41, 5.74) is 0.934. The van der Waals surface area contributed by atoms with Gasteiger partial charge in [-0.2, -0.15) is 0 Å². The number of rotatable bonds is 1. The lowest BCUT2D eigenvalue weighted by Gasteiger charge is -2.51. The molecule has 132 valence electrons. The van der Waals surface area contributed by atoms with Gasteiger partial charge in [0.15, 0.2) is 0 Å². The van der Waals surface area contributed by atoms with E-state index >= 15 is 0 Å². The molecule has 1 aromatic carbocycles. The SMILES string of the molecule is O=C1NC2(CCCCC2)N(C(=O)c2ccccc2F)C2=C1CCCC2. The highest BCUT2D eigenvalue weighted by Gasteiger charge is 2.49. The predicted molar refractivity (Wildman–Crippen MR) is 92.0 cm³/mol. The van der Waals surface area contributed by atoms with Crippen molar-refractivity contribution in [1.29, 1.82) is 0 Å². The number of amides is 2. The van der Waals surface area contributed by atoms with Gasteiger partial charge in [0.05, 0.1) is 5.56 Å². The van der Waals surface area contributed by atoms with Crippen molar-refractivity contribution in [3.63, 3.8) is 0 Å². The fourth-order valence-electron chi connectivity index (χ4n) is 4.54. The molecule has 0 saturated heterocycles. The summed E-state index contributed by atoms with van der Waals surface area (Å²) in [4.78, 5) is 27.8. The maximum absolute atomic E-state index is 14.3. The summed E-state index contributed by atoms with van der Waals surface area (Å²) in [5, 5.41) is 3.14. The molecule has 1 aromatic rings. The van der Waals surface area contributed by atoms with Crippen molar-refractivity contribution in [1.82, 2.24) is 10.2 Å². The second kappa shape index (κ2) is 6.28. The number of carbonyl (C=O) groups excluding carboxylic acids is 2.